The fraction of sp³-hybridized carbons (Fsp3) is 0.296. The van der Waals surface area contributed by atoms with Gasteiger partial charge in [-0.1, -0.05) is 36.8 Å². The number of carbonyl (C=O) groups excluding carboxylic acids is 1. The van der Waals surface area contributed by atoms with Crippen molar-refractivity contribution in [1.29, 1.82) is 0 Å². The largest absolute Gasteiger partial charge is 0.497 e. The highest BCUT2D eigenvalue weighted by Crippen LogP contribution is 2.44. The zero-order valence-corrected chi connectivity index (χ0v) is 20.3. The molecule has 1 spiro atoms. The second-order valence-corrected chi connectivity index (χ2v) is 10.4. The summed E-state index contributed by atoms with van der Waals surface area (Å²) in [5.74, 6) is 0.863. The summed E-state index contributed by atoms with van der Waals surface area (Å²) in [5, 5.41) is 0. The summed E-state index contributed by atoms with van der Waals surface area (Å²) in [6.07, 6.45) is 4.45. The van der Waals surface area contributed by atoms with Gasteiger partial charge in [-0.2, -0.15) is 8.42 Å². The van der Waals surface area contributed by atoms with Gasteiger partial charge in [-0.05, 0) is 54.8 Å². The van der Waals surface area contributed by atoms with Crippen molar-refractivity contribution in [1.82, 2.24) is 4.90 Å². The highest BCUT2D eigenvalue weighted by molar-refractivity contribution is 7.87. The highest BCUT2D eigenvalue weighted by Gasteiger charge is 2.47. The minimum absolute atomic E-state index is 0.00537. The van der Waals surface area contributed by atoms with Crippen LogP contribution in [0.3, 0.4) is 0 Å². The van der Waals surface area contributed by atoms with E-state index in [9.17, 15) is 13.2 Å². The molecule has 1 heterocycles. The highest BCUT2D eigenvalue weighted by atomic mass is 32.2. The van der Waals surface area contributed by atoms with Gasteiger partial charge in [0, 0.05) is 25.5 Å². The predicted octanol–water partition coefficient (Wildman–Crippen LogP) is 5.16. The van der Waals surface area contributed by atoms with Crippen LogP contribution in [0.2, 0.25) is 0 Å². The van der Waals surface area contributed by atoms with Crippen LogP contribution < -0.4 is 13.7 Å². The summed E-state index contributed by atoms with van der Waals surface area (Å²) in [7, 11) is -2.56. The zero-order valence-electron chi connectivity index (χ0n) is 19.5. The van der Waals surface area contributed by atoms with Crippen LogP contribution in [0, 0.1) is 0 Å². The lowest BCUT2D eigenvalue weighted by atomic mass is 9.87. The van der Waals surface area contributed by atoms with Crippen molar-refractivity contribution in [2.24, 2.45) is 0 Å². The average Bonchev–Trinajstić information content (AvgIpc) is 2.87. The third kappa shape index (κ3) is 4.58. The number of methoxy groups -OCH3 is 1. The van der Waals surface area contributed by atoms with E-state index in [2.05, 4.69) is 0 Å². The van der Waals surface area contributed by atoms with Crippen molar-refractivity contribution in [3.63, 3.8) is 0 Å². The van der Waals surface area contributed by atoms with Gasteiger partial charge < -0.3 is 13.7 Å². The van der Waals surface area contributed by atoms with Crippen LogP contribution >= 0.6 is 0 Å². The Labute approximate surface area is 205 Å². The van der Waals surface area contributed by atoms with Gasteiger partial charge in [-0.3, -0.25) is 9.69 Å². The Kier molecular flexibility index (Phi) is 6.15. The van der Waals surface area contributed by atoms with Crippen LogP contribution in [0.15, 0.2) is 77.7 Å². The van der Waals surface area contributed by atoms with Gasteiger partial charge in [-0.25, -0.2) is 0 Å². The molecule has 1 amide bonds. The molecule has 0 bridgehead atoms. The first-order chi connectivity index (χ1) is 16.9. The summed E-state index contributed by atoms with van der Waals surface area (Å²) in [6, 6.07) is 20.4. The molecule has 0 aromatic heterocycles. The number of amides is 1. The molecule has 1 aliphatic heterocycles. The number of nitrogens with zero attached hydrogens (tertiary/aromatic N) is 1. The van der Waals surface area contributed by atoms with E-state index in [4.69, 9.17) is 13.7 Å². The smallest absolute Gasteiger partial charge is 0.339 e. The quantitative estimate of drug-likeness (QED) is 0.441. The lowest BCUT2D eigenvalue weighted by molar-refractivity contribution is -0.103. The molecule has 35 heavy (non-hydrogen) atoms. The molecule has 3 aromatic rings. The van der Waals surface area contributed by atoms with Gasteiger partial charge in [0.2, 0.25) is 0 Å². The number of hydrogen-bond acceptors (Lipinski definition) is 6. The van der Waals surface area contributed by atoms with Gasteiger partial charge in [0.1, 0.15) is 22.1 Å². The van der Waals surface area contributed by atoms with E-state index in [-0.39, 0.29) is 16.6 Å². The van der Waals surface area contributed by atoms with Crippen molar-refractivity contribution in [2.75, 3.05) is 7.11 Å². The van der Waals surface area contributed by atoms with E-state index in [1.54, 1.807) is 18.2 Å². The lowest BCUT2D eigenvalue weighted by Gasteiger charge is -2.49. The minimum Gasteiger partial charge on any atom is -0.497 e. The fourth-order valence-corrected chi connectivity index (χ4v) is 5.70. The SMILES string of the molecule is COc1ccc(S(=O)(=O)Oc2ccc3c(c2)OC2(CCCCC2)N(Cc2ccccc2)C3=O)cc1. The van der Waals surface area contributed by atoms with E-state index in [0.29, 0.717) is 23.6 Å². The van der Waals surface area contributed by atoms with Crippen molar-refractivity contribution in [3.8, 4) is 17.2 Å². The lowest BCUT2D eigenvalue weighted by Crippen LogP contribution is -2.59. The van der Waals surface area contributed by atoms with E-state index >= 15 is 0 Å². The van der Waals surface area contributed by atoms with E-state index in [1.807, 2.05) is 35.2 Å². The molecule has 0 unspecified atom stereocenters. The molecule has 1 saturated carbocycles. The van der Waals surface area contributed by atoms with E-state index < -0.39 is 15.8 Å². The Bertz CT molecular complexity index is 1320. The van der Waals surface area contributed by atoms with Crippen LogP contribution in [0.5, 0.6) is 17.2 Å². The molecular formula is C27H27NO6S. The normalized spacial score (nSPS) is 16.9. The second-order valence-electron chi connectivity index (χ2n) is 8.86. The first kappa shape index (κ1) is 23.2. The number of hydrogen-bond donors (Lipinski definition) is 0. The third-order valence-corrected chi connectivity index (χ3v) is 7.85. The molecule has 3 aromatic carbocycles. The first-order valence-electron chi connectivity index (χ1n) is 11.7. The summed E-state index contributed by atoms with van der Waals surface area (Å²) >= 11 is 0. The zero-order chi connectivity index (χ0) is 24.5. The molecule has 0 radical (unpaired) electrons. The van der Waals surface area contributed by atoms with Crippen LogP contribution in [0.4, 0.5) is 0 Å². The Hall–Kier alpha value is -3.52. The molecule has 1 aliphatic carbocycles. The van der Waals surface area contributed by atoms with E-state index in [1.165, 1.54) is 31.4 Å². The maximum absolute atomic E-state index is 13.6. The van der Waals surface area contributed by atoms with Crippen molar-refractivity contribution in [2.45, 2.75) is 49.3 Å². The molecule has 0 atom stereocenters. The third-order valence-electron chi connectivity index (χ3n) is 6.59. The Morgan fingerprint density at radius 2 is 1.60 bits per heavy atom. The predicted molar refractivity (Wildman–Crippen MR) is 130 cm³/mol. The van der Waals surface area contributed by atoms with Crippen molar-refractivity contribution < 1.29 is 26.9 Å². The van der Waals surface area contributed by atoms with Gasteiger partial charge in [0.25, 0.3) is 5.91 Å². The Morgan fingerprint density at radius 3 is 2.29 bits per heavy atom. The monoisotopic (exact) mass is 493 g/mol. The molecule has 0 saturated heterocycles. The van der Waals surface area contributed by atoms with Crippen molar-refractivity contribution >= 4 is 16.0 Å². The molecule has 182 valence electrons. The number of ether oxygens (including phenoxy) is 2. The molecule has 1 fully saturated rings. The Balaban J connectivity index is 1.45. The van der Waals surface area contributed by atoms with Crippen LogP contribution in [-0.4, -0.2) is 32.1 Å². The van der Waals surface area contributed by atoms with Crippen LogP contribution in [-0.2, 0) is 16.7 Å². The van der Waals surface area contributed by atoms with E-state index in [0.717, 1.165) is 37.7 Å². The number of rotatable bonds is 6. The van der Waals surface area contributed by atoms with Crippen molar-refractivity contribution in [3.05, 3.63) is 83.9 Å². The second kappa shape index (κ2) is 9.26. The van der Waals surface area contributed by atoms with Gasteiger partial charge >= 0.3 is 10.1 Å². The number of carbonyl (C=O) groups is 1. The number of fused-ring (bicyclic) bond motifs is 1. The van der Waals surface area contributed by atoms with Gasteiger partial charge in [0.05, 0.1) is 12.7 Å². The van der Waals surface area contributed by atoms with Crippen LogP contribution in [0.25, 0.3) is 0 Å². The molecular weight excluding hydrogens is 466 g/mol. The maximum Gasteiger partial charge on any atom is 0.339 e. The fourth-order valence-electron chi connectivity index (χ4n) is 4.78. The Morgan fingerprint density at radius 1 is 0.914 bits per heavy atom. The van der Waals surface area contributed by atoms with Gasteiger partial charge in [-0.15, -0.1) is 0 Å². The molecule has 5 rings (SSSR count). The molecule has 2 aliphatic rings. The molecule has 8 heteroatoms. The first-order valence-corrected chi connectivity index (χ1v) is 13.1. The maximum atomic E-state index is 13.6. The number of benzene rings is 3. The van der Waals surface area contributed by atoms with Crippen LogP contribution in [0.1, 0.15) is 48.0 Å². The summed E-state index contributed by atoms with van der Waals surface area (Å²) in [4.78, 5) is 15.5. The molecule has 0 N–H and O–H groups in total. The summed E-state index contributed by atoms with van der Waals surface area (Å²) in [5.41, 5.74) is 0.667. The van der Waals surface area contributed by atoms with Gasteiger partial charge in [0.15, 0.2) is 5.72 Å². The molecule has 7 nitrogen and oxygen atoms in total. The summed E-state index contributed by atoms with van der Waals surface area (Å²) in [6.45, 7) is 0.448. The topological polar surface area (TPSA) is 82.1 Å². The standard InChI is InChI=1S/C27H27NO6S/c1-32-21-10-13-23(14-11-21)35(30,31)34-22-12-15-24-25(18-22)33-27(16-6-3-7-17-27)28(26(24)29)19-20-8-4-2-5-9-20/h2,4-5,8-15,18H,3,6-7,16-17,19H2,1H3. The minimum atomic E-state index is -4.07. The summed E-state index contributed by atoms with van der Waals surface area (Å²) < 4.78 is 42.6. The average molecular weight is 494 g/mol.